The number of hydrogen-bond donors (Lipinski definition) is 0. The fraction of sp³-hybridized carbons (Fsp3) is 0.906. The lowest BCUT2D eigenvalue weighted by Gasteiger charge is -2.58. The molecule has 0 aromatic rings. The monoisotopic (exact) mass is 520 g/mol. The molecule has 0 aliphatic heterocycles. The average Bonchev–Trinajstić information content (AvgIpc) is 3.15. The van der Waals surface area contributed by atoms with Crippen LogP contribution in [0.2, 0.25) is 0 Å². The van der Waals surface area contributed by atoms with Crippen LogP contribution in [0.25, 0.3) is 0 Å². The van der Waals surface area contributed by atoms with Gasteiger partial charge in [-0.15, -0.1) is 11.6 Å². The summed E-state index contributed by atoms with van der Waals surface area (Å²) >= 11 is 7.95. The minimum atomic E-state index is -0.350. The third kappa shape index (κ3) is 5.46. The van der Waals surface area contributed by atoms with Gasteiger partial charge in [-0.1, -0.05) is 91.1 Å². The molecule has 0 bridgehead atoms. The van der Waals surface area contributed by atoms with Crippen LogP contribution in [0.5, 0.6) is 0 Å². The van der Waals surface area contributed by atoms with Crippen molar-refractivity contribution in [3.63, 3.8) is 0 Å². The van der Waals surface area contributed by atoms with E-state index in [-0.39, 0.29) is 16.4 Å². The van der Waals surface area contributed by atoms with Crippen LogP contribution in [0.3, 0.4) is 0 Å². The second-order valence-corrected chi connectivity index (χ2v) is 16.0. The molecule has 4 rings (SSSR count). The van der Waals surface area contributed by atoms with Crippen molar-refractivity contribution >= 4 is 28.5 Å². The highest BCUT2D eigenvalue weighted by atomic mass is 35.5. The van der Waals surface area contributed by atoms with Crippen molar-refractivity contribution in [1.29, 1.82) is 0 Å². The van der Waals surface area contributed by atoms with E-state index in [1.54, 1.807) is 17.3 Å². The van der Waals surface area contributed by atoms with Gasteiger partial charge in [0.05, 0.1) is 0 Å². The molecule has 0 N–H and O–H groups in total. The average molecular weight is 521 g/mol. The van der Waals surface area contributed by atoms with E-state index < -0.39 is 0 Å². The summed E-state index contributed by atoms with van der Waals surface area (Å²) in [5.74, 6) is 5.53. The van der Waals surface area contributed by atoms with Gasteiger partial charge < -0.3 is 0 Å². The second-order valence-electron chi connectivity index (χ2n) is 14.2. The molecule has 35 heavy (non-hydrogen) atoms. The highest BCUT2D eigenvalue weighted by molar-refractivity contribution is 8.14. The number of hydrogen-bond acceptors (Lipinski definition) is 2. The van der Waals surface area contributed by atoms with Gasteiger partial charge in [0.25, 0.3) is 0 Å². The molecule has 9 atom stereocenters. The minimum Gasteiger partial charge on any atom is -0.286 e. The zero-order chi connectivity index (χ0) is 25.5. The van der Waals surface area contributed by atoms with Crippen molar-refractivity contribution in [2.45, 2.75) is 130 Å². The molecule has 0 aromatic heterocycles. The third-order valence-electron chi connectivity index (χ3n) is 11.4. The number of halogens is 1. The molecular weight excluding hydrogens is 468 g/mol. The van der Waals surface area contributed by atoms with Crippen molar-refractivity contribution in [2.24, 2.45) is 52.3 Å². The minimum absolute atomic E-state index is 0.192. The van der Waals surface area contributed by atoms with Crippen molar-refractivity contribution in [1.82, 2.24) is 0 Å². The standard InChI is InChI=1S/C32H53ClOS/c1-20(2)9-8-10-22(5)26-13-14-27-25-12-11-23-19-24(35-30(34)29(33)21(3)4)15-17-31(23,6)28(25)16-18-32(26,27)7/h11,20-22,24-29H,8-10,12-19H2,1-7H3/t22-,24+,25-,26+,27-,28-,29+,31-,32+/m0/s1. The summed E-state index contributed by atoms with van der Waals surface area (Å²) in [5.41, 5.74) is 2.61. The number of rotatable bonds is 8. The maximum atomic E-state index is 12.7. The van der Waals surface area contributed by atoms with Crippen LogP contribution in [-0.4, -0.2) is 15.7 Å². The molecule has 3 heteroatoms. The summed E-state index contributed by atoms with van der Waals surface area (Å²) in [6.45, 7) is 16.7. The molecule has 0 radical (unpaired) electrons. The number of thioether (sulfide) groups is 1. The molecule has 0 heterocycles. The number of allylic oxidation sites excluding steroid dienone is 2. The Balaban J connectivity index is 1.43. The van der Waals surface area contributed by atoms with Crippen molar-refractivity contribution in [3.8, 4) is 0 Å². The molecule has 0 spiro atoms. The first kappa shape index (κ1) is 28.1. The molecule has 0 amide bonds. The van der Waals surface area contributed by atoms with E-state index in [4.69, 9.17) is 11.6 Å². The summed E-state index contributed by atoms with van der Waals surface area (Å²) < 4.78 is 0. The molecule has 0 saturated heterocycles. The number of fused-ring (bicyclic) bond motifs is 5. The Labute approximate surface area is 226 Å². The maximum absolute atomic E-state index is 12.7. The van der Waals surface area contributed by atoms with E-state index in [9.17, 15) is 4.79 Å². The Bertz CT molecular complexity index is 788. The highest BCUT2D eigenvalue weighted by Crippen LogP contribution is 2.67. The number of carbonyl (C=O) groups excluding carboxylic acids is 1. The van der Waals surface area contributed by atoms with E-state index in [0.717, 1.165) is 41.9 Å². The SMILES string of the molecule is CC(C)CCC[C@H](C)[C@H]1CC[C@H]2[C@@H]3CC=C4C[C@H](SC(=O)[C@H](Cl)C(C)C)CC[C@]4(C)[C@H]3CC[C@]12C. The largest absolute Gasteiger partial charge is 0.286 e. The molecule has 3 saturated carbocycles. The molecule has 4 aliphatic rings. The van der Waals surface area contributed by atoms with Crippen LogP contribution in [0.15, 0.2) is 11.6 Å². The van der Waals surface area contributed by atoms with Crippen LogP contribution < -0.4 is 0 Å². The lowest BCUT2D eigenvalue weighted by molar-refractivity contribution is -0.111. The second kappa shape index (κ2) is 11.0. The lowest BCUT2D eigenvalue weighted by Crippen LogP contribution is -2.50. The predicted octanol–water partition coefficient (Wildman–Crippen LogP) is 9.92. The normalized spacial score (nSPS) is 40.6. The van der Waals surface area contributed by atoms with Crippen molar-refractivity contribution in [3.05, 3.63) is 11.6 Å². The van der Waals surface area contributed by atoms with E-state index in [2.05, 4.69) is 54.5 Å². The van der Waals surface area contributed by atoms with Crippen LogP contribution in [0, 0.1) is 52.3 Å². The fourth-order valence-electron chi connectivity index (χ4n) is 9.25. The summed E-state index contributed by atoms with van der Waals surface area (Å²) in [7, 11) is 0. The van der Waals surface area contributed by atoms with Crippen molar-refractivity contribution in [2.75, 3.05) is 0 Å². The fourth-order valence-corrected chi connectivity index (χ4v) is 10.6. The Morgan fingerprint density at radius 2 is 1.77 bits per heavy atom. The van der Waals surface area contributed by atoms with Gasteiger partial charge in [-0.3, -0.25) is 4.79 Å². The first-order chi connectivity index (χ1) is 16.5. The van der Waals surface area contributed by atoms with Crippen LogP contribution in [0.4, 0.5) is 0 Å². The molecule has 1 nitrogen and oxygen atoms in total. The Morgan fingerprint density at radius 1 is 1.03 bits per heavy atom. The third-order valence-corrected chi connectivity index (χ3v) is 13.4. The van der Waals surface area contributed by atoms with E-state index in [1.165, 1.54) is 64.2 Å². The van der Waals surface area contributed by atoms with E-state index in [0.29, 0.717) is 16.1 Å². The number of alkyl halides is 1. The molecule has 0 aromatic carbocycles. The highest BCUT2D eigenvalue weighted by Gasteiger charge is 2.59. The summed E-state index contributed by atoms with van der Waals surface area (Å²) in [6, 6.07) is 0. The van der Waals surface area contributed by atoms with Crippen LogP contribution >= 0.6 is 23.4 Å². The Kier molecular flexibility index (Phi) is 8.85. The van der Waals surface area contributed by atoms with Gasteiger partial charge in [0.1, 0.15) is 5.38 Å². The van der Waals surface area contributed by atoms with E-state index in [1.807, 2.05) is 0 Å². The smallest absolute Gasteiger partial charge is 0.207 e. The topological polar surface area (TPSA) is 17.1 Å². The van der Waals surface area contributed by atoms with Gasteiger partial charge in [0, 0.05) is 5.25 Å². The van der Waals surface area contributed by atoms with Gasteiger partial charge in [0.2, 0.25) is 5.12 Å². The number of carbonyl (C=O) groups is 1. The Hall–Kier alpha value is 0.0500. The summed E-state index contributed by atoms with van der Waals surface area (Å²) in [4.78, 5) is 12.7. The van der Waals surface area contributed by atoms with Gasteiger partial charge in [0.15, 0.2) is 0 Å². The molecule has 200 valence electrons. The molecule has 3 fully saturated rings. The zero-order valence-corrected chi connectivity index (χ0v) is 25.3. The molecule has 0 unspecified atom stereocenters. The van der Waals surface area contributed by atoms with Crippen LogP contribution in [0.1, 0.15) is 119 Å². The maximum Gasteiger partial charge on any atom is 0.207 e. The quantitative estimate of drug-likeness (QED) is 0.234. The molecule has 4 aliphatic carbocycles. The molecular formula is C32H53ClOS. The van der Waals surface area contributed by atoms with Gasteiger partial charge in [-0.2, -0.15) is 0 Å². The van der Waals surface area contributed by atoms with Gasteiger partial charge >= 0.3 is 0 Å². The van der Waals surface area contributed by atoms with Gasteiger partial charge in [-0.25, -0.2) is 0 Å². The first-order valence-electron chi connectivity index (χ1n) is 15.0. The summed E-state index contributed by atoms with van der Waals surface area (Å²) in [5, 5.41) is 0.268. The lowest BCUT2D eigenvalue weighted by atomic mass is 9.47. The van der Waals surface area contributed by atoms with Gasteiger partial charge in [-0.05, 0) is 104 Å². The van der Waals surface area contributed by atoms with Crippen molar-refractivity contribution < 1.29 is 4.79 Å². The van der Waals surface area contributed by atoms with Crippen LogP contribution in [-0.2, 0) is 4.79 Å². The Morgan fingerprint density at radius 3 is 2.46 bits per heavy atom. The van der Waals surface area contributed by atoms with E-state index >= 15 is 0 Å². The first-order valence-corrected chi connectivity index (χ1v) is 16.3. The zero-order valence-electron chi connectivity index (χ0n) is 23.7. The predicted molar refractivity (Wildman–Crippen MR) is 154 cm³/mol. The summed E-state index contributed by atoms with van der Waals surface area (Å²) in [6.07, 6.45) is 17.5.